The van der Waals surface area contributed by atoms with E-state index in [0.717, 1.165) is 5.56 Å². The Morgan fingerprint density at radius 2 is 2.31 bits per heavy atom. The molecule has 0 aliphatic carbocycles. The van der Waals surface area contributed by atoms with E-state index < -0.39 is 0 Å². The molecule has 0 fully saturated rings. The first-order valence-corrected chi connectivity index (χ1v) is 5.66. The standard InChI is InChI=1S/C11H11N3OS/c1-9(15)16-8-4-6-10-5-2-3-7-11(10)13-14-12/h2-7H,8H2,1H3. The molecule has 0 amide bonds. The van der Waals surface area contributed by atoms with Gasteiger partial charge in [-0.1, -0.05) is 53.3 Å². The van der Waals surface area contributed by atoms with Crippen LogP contribution in [0.3, 0.4) is 0 Å². The van der Waals surface area contributed by atoms with Crippen molar-refractivity contribution in [2.75, 3.05) is 5.75 Å². The zero-order valence-corrected chi connectivity index (χ0v) is 9.65. The van der Waals surface area contributed by atoms with E-state index in [0.29, 0.717) is 11.4 Å². The quantitative estimate of drug-likeness (QED) is 0.449. The van der Waals surface area contributed by atoms with E-state index in [1.807, 2.05) is 30.4 Å². The molecule has 0 aliphatic heterocycles. The maximum atomic E-state index is 10.7. The van der Waals surface area contributed by atoms with Gasteiger partial charge in [-0.25, -0.2) is 0 Å². The van der Waals surface area contributed by atoms with Gasteiger partial charge in [-0.15, -0.1) is 0 Å². The lowest BCUT2D eigenvalue weighted by Gasteiger charge is -1.97. The van der Waals surface area contributed by atoms with Crippen molar-refractivity contribution < 1.29 is 4.79 Å². The summed E-state index contributed by atoms with van der Waals surface area (Å²) in [6.07, 6.45) is 3.72. The second-order valence-corrected chi connectivity index (χ2v) is 4.15. The summed E-state index contributed by atoms with van der Waals surface area (Å²) in [6.45, 7) is 1.53. The molecule has 5 heteroatoms. The first kappa shape index (κ1) is 12.4. The molecule has 82 valence electrons. The first-order chi connectivity index (χ1) is 7.74. The Kier molecular flexibility index (Phi) is 5.19. The summed E-state index contributed by atoms with van der Waals surface area (Å²) in [6, 6.07) is 7.29. The van der Waals surface area contributed by atoms with Crippen LogP contribution in [0, 0.1) is 0 Å². The monoisotopic (exact) mass is 233 g/mol. The molecule has 4 nitrogen and oxygen atoms in total. The molecule has 1 rings (SSSR count). The number of carbonyl (C=O) groups excluding carboxylic acids is 1. The van der Waals surface area contributed by atoms with E-state index in [4.69, 9.17) is 5.53 Å². The highest BCUT2D eigenvalue weighted by atomic mass is 32.2. The summed E-state index contributed by atoms with van der Waals surface area (Å²) in [7, 11) is 0. The SMILES string of the molecule is CC(=O)SCC=Cc1ccccc1N=[N+]=[N-]. The molecule has 0 atom stereocenters. The third-order valence-corrected chi connectivity index (χ3v) is 2.54. The number of rotatable bonds is 4. The number of nitrogens with zero attached hydrogens (tertiary/aromatic N) is 3. The highest BCUT2D eigenvalue weighted by Crippen LogP contribution is 2.20. The summed E-state index contributed by atoms with van der Waals surface area (Å²) in [4.78, 5) is 13.4. The zero-order valence-electron chi connectivity index (χ0n) is 8.83. The third kappa shape index (κ3) is 4.21. The minimum atomic E-state index is 0.0907. The normalized spacial score (nSPS) is 10.1. The average Bonchev–Trinajstić information content (AvgIpc) is 2.26. The molecule has 0 unspecified atom stereocenters. The summed E-state index contributed by atoms with van der Waals surface area (Å²) in [5, 5.41) is 3.67. The Labute approximate surface area is 98.0 Å². The molecule has 0 bridgehead atoms. The van der Waals surface area contributed by atoms with Crippen LogP contribution in [0.5, 0.6) is 0 Å². The van der Waals surface area contributed by atoms with Crippen molar-refractivity contribution >= 4 is 28.6 Å². The van der Waals surface area contributed by atoms with E-state index in [-0.39, 0.29) is 5.12 Å². The number of carbonyl (C=O) groups is 1. The van der Waals surface area contributed by atoms with Crippen molar-refractivity contribution in [3.63, 3.8) is 0 Å². The van der Waals surface area contributed by atoms with Gasteiger partial charge in [0.1, 0.15) is 0 Å². The van der Waals surface area contributed by atoms with Gasteiger partial charge in [0.15, 0.2) is 5.12 Å². The summed E-state index contributed by atoms with van der Waals surface area (Å²) in [5.41, 5.74) is 9.82. The number of azide groups is 1. The third-order valence-electron chi connectivity index (χ3n) is 1.77. The van der Waals surface area contributed by atoms with E-state index in [9.17, 15) is 4.79 Å². The fourth-order valence-corrected chi connectivity index (χ4v) is 1.54. The maximum Gasteiger partial charge on any atom is 0.186 e. The molecule has 0 saturated carbocycles. The Hall–Kier alpha value is -1.71. The number of benzene rings is 1. The number of thioether (sulfide) groups is 1. The lowest BCUT2D eigenvalue weighted by atomic mass is 10.2. The lowest BCUT2D eigenvalue weighted by molar-refractivity contribution is -0.109. The highest BCUT2D eigenvalue weighted by molar-refractivity contribution is 8.13. The van der Waals surface area contributed by atoms with Crippen molar-refractivity contribution in [1.82, 2.24) is 0 Å². The van der Waals surface area contributed by atoms with Crippen LogP contribution in [-0.4, -0.2) is 10.9 Å². The van der Waals surface area contributed by atoms with Gasteiger partial charge in [0.05, 0.1) is 0 Å². The van der Waals surface area contributed by atoms with Crippen molar-refractivity contribution in [2.45, 2.75) is 6.92 Å². The van der Waals surface area contributed by atoms with Crippen LogP contribution in [0.15, 0.2) is 35.5 Å². The molecule has 0 radical (unpaired) electrons. The van der Waals surface area contributed by atoms with E-state index in [2.05, 4.69) is 10.0 Å². The van der Waals surface area contributed by atoms with Crippen molar-refractivity contribution in [3.05, 3.63) is 46.3 Å². The van der Waals surface area contributed by atoms with Crippen LogP contribution in [0.1, 0.15) is 12.5 Å². The van der Waals surface area contributed by atoms with Crippen molar-refractivity contribution in [1.29, 1.82) is 0 Å². The Morgan fingerprint density at radius 3 is 3.00 bits per heavy atom. The van der Waals surface area contributed by atoms with Gasteiger partial charge in [0.25, 0.3) is 0 Å². The van der Waals surface area contributed by atoms with Gasteiger partial charge in [0.2, 0.25) is 0 Å². The van der Waals surface area contributed by atoms with Crippen LogP contribution < -0.4 is 0 Å². The molecule has 0 aliphatic rings. The van der Waals surface area contributed by atoms with E-state index >= 15 is 0 Å². The Morgan fingerprint density at radius 1 is 1.56 bits per heavy atom. The van der Waals surface area contributed by atoms with Crippen LogP contribution in [0.4, 0.5) is 5.69 Å². The minimum Gasteiger partial charge on any atom is -0.288 e. The van der Waals surface area contributed by atoms with E-state index in [1.54, 1.807) is 6.07 Å². The van der Waals surface area contributed by atoms with Crippen LogP contribution in [0.2, 0.25) is 0 Å². The zero-order chi connectivity index (χ0) is 11.8. The molecule has 0 spiro atoms. The Balaban J connectivity index is 2.72. The molecular formula is C11H11N3OS. The van der Waals surface area contributed by atoms with Gasteiger partial charge >= 0.3 is 0 Å². The second kappa shape index (κ2) is 6.71. The van der Waals surface area contributed by atoms with Crippen LogP contribution in [0.25, 0.3) is 16.5 Å². The molecule has 0 saturated heterocycles. The predicted octanol–water partition coefficient (Wildman–Crippen LogP) is 3.92. The second-order valence-electron chi connectivity index (χ2n) is 2.95. The van der Waals surface area contributed by atoms with Gasteiger partial charge in [0, 0.05) is 23.3 Å². The fourth-order valence-electron chi connectivity index (χ4n) is 1.11. The smallest absolute Gasteiger partial charge is 0.186 e. The molecule has 0 N–H and O–H groups in total. The van der Waals surface area contributed by atoms with Crippen LogP contribution in [-0.2, 0) is 4.79 Å². The summed E-state index contributed by atoms with van der Waals surface area (Å²) < 4.78 is 0. The summed E-state index contributed by atoms with van der Waals surface area (Å²) >= 11 is 1.24. The largest absolute Gasteiger partial charge is 0.288 e. The average molecular weight is 233 g/mol. The van der Waals surface area contributed by atoms with Crippen LogP contribution >= 0.6 is 11.8 Å². The number of hydrogen-bond acceptors (Lipinski definition) is 3. The molecule has 1 aromatic rings. The summed E-state index contributed by atoms with van der Waals surface area (Å²) in [5.74, 6) is 0.625. The number of hydrogen-bond donors (Lipinski definition) is 0. The minimum absolute atomic E-state index is 0.0907. The Bertz CT molecular complexity index is 450. The van der Waals surface area contributed by atoms with Gasteiger partial charge < -0.3 is 0 Å². The molecule has 16 heavy (non-hydrogen) atoms. The fraction of sp³-hybridized carbons (Fsp3) is 0.182. The molecular weight excluding hydrogens is 222 g/mol. The molecule has 0 heterocycles. The topological polar surface area (TPSA) is 65.8 Å². The maximum absolute atomic E-state index is 10.7. The van der Waals surface area contributed by atoms with E-state index in [1.165, 1.54) is 18.7 Å². The van der Waals surface area contributed by atoms with Gasteiger partial charge in [-0.2, -0.15) is 0 Å². The van der Waals surface area contributed by atoms with Crippen molar-refractivity contribution in [2.24, 2.45) is 5.11 Å². The highest BCUT2D eigenvalue weighted by Gasteiger charge is 1.94. The predicted molar refractivity (Wildman–Crippen MR) is 67.4 cm³/mol. The molecule has 1 aromatic carbocycles. The van der Waals surface area contributed by atoms with Crippen molar-refractivity contribution in [3.8, 4) is 0 Å². The van der Waals surface area contributed by atoms with Gasteiger partial charge in [-0.05, 0) is 11.1 Å². The van der Waals surface area contributed by atoms with Gasteiger partial charge in [-0.3, -0.25) is 4.79 Å². The first-order valence-electron chi connectivity index (χ1n) is 4.68. The lowest BCUT2D eigenvalue weighted by Crippen LogP contribution is -1.81. The molecule has 0 aromatic heterocycles.